The minimum atomic E-state index is 0.446. The fourth-order valence-corrected chi connectivity index (χ4v) is 0.680. The van der Waals surface area contributed by atoms with Crippen molar-refractivity contribution in [1.29, 1.82) is 0 Å². The third kappa shape index (κ3) is 1.62. The Hall–Kier alpha value is -1.25. The first-order valence-corrected chi connectivity index (χ1v) is 3.24. The van der Waals surface area contributed by atoms with E-state index in [4.69, 9.17) is 5.73 Å². The fourth-order valence-electron chi connectivity index (χ4n) is 0.680. The summed E-state index contributed by atoms with van der Waals surface area (Å²) >= 11 is 0. The summed E-state index contributed by atoms with van der Waals surface area (Å²) in [5.41, 5.74) is 7.58. The molecule has 1 aromatic rings. The first kappa shape index (κ1) is 6.86. The van der Waals surface area contributed by atoms with Crippen LogP contribution in [-0.2, 0) is 0 Å². The van der Waals surface area contributed by atoms with Crippen molar-refractivity contribution in [3.8, 4) is 0 Å². The molecule has 0 aliphatic rings. The summed E-state index contributed by atoms with van der Waals surface area (Å²) in [7, 11) is 0. The first-order valence-electron chi connectivity index (χ1n) is 3.24. The number of aromatic nitrogens is 1. The number of hydrogen-bond donors (Lipinski definition) is 1. The molecule has 3 nitrogen and oxygen atoms in total. The van der Waals surface area contributed by atoms with E-state index in [0.717, 1.165) is 12.4 Å². The molecule has 0 fully saturated rings. The van der Waals surface area contributed by atoms with Crippen LogP contribution in [0.25, 0.3) is 0 Å². The Labute approximate surface area is 60.3 Å². The van der Waals surface area contributed by atoms with Gasteiger partial charge in [0.25, 0.3) is 0 Å². The van der Waals surface area contributed by atoms with E-state index < -0.39 is 0 Å². The highest BCUT2D eigenvalue weighted by Crippen LogP contribution is 2.05. The molecular weight excluding hydrogens is 126 g/mol. The molecule has 0 aliphatic carbocycles. The summed E-state index contributed by atoms with van der Waals surface area (Å²) in [5, 5.41) is 3.04. The lowest BCUT2D eigenvalue weighted by Crippen LogP contribution is -1.97. The molecule has 0 saturated carbocycles. The second-order valence-electron chi connectivity index (χ2n) is 1.96. The maximum absolute atomic E-state index is 7.13. The SMILES string of the molecule is CCNc1ccc([NH])cn1. The van der Waals surface area contributed by atoms with Gasteiger partial charge < -0.3 is 5.32 Å². The number of anilines is 1. The van der Waals surface area contributed by atoms with Gasteiger partial charge in [-0.2, -0.15) is 0 Å². The molecule has 0 spiro atoms. The number of nitrogens with one attached hydrogen (secondary N) is 2. The van der Waals surface area contributed by atoms with Gasteiger partial charge in [-0.25, -0.2) is 4.98 Å². The van der Waals surface area contributed by atoms with E-state index >= 15 is 0 Å². The number of hydrogen-bond acceptors (Lipinski definition) is 2. The molecule has 1 rings (SSSR count). The van der Waals surface area contributed by atoms with Crippen LogP contribution in [0.3, 0.4) is 0 Å². The normalized spacial score (nSPS) is 9.30. The third-order valence-corrected chi connectivity index (χ3v) is 1.12. The van der Waals surface area contributed by atoms with Crippen LogP contribution in [0.4, 0.5) is 11.5 Å². The van der Waals surface area contributed by atoms with E-state index in [1.807, 2.05) is 6.92 Å². The number of pyridine rings is 1. The minimum Gasteiger partial charge on any atom is -0.370 e. The van der Waals surface area contributed by atoms with Crippen LogP contribution >= 0.6 is 0 Å². The van der Waals surface area contributed by atoms with Crippen molar-refractivity contribution in [3.05, 3.63) is 18.3 Å². The second kappa shape index (κ2) is 3.06. The predicted octanol–water partition coefficient (Wildman–Crippen LogP) is 1.43. The molecule has 0 amide bonds. The summed E-state index contributed by atoms with van der Waals surface area (Å²) in [6, 6.07) is 3.51. The molecule has 0 aromatic carbocycles. The van der Waals surface area contributed by atoms with Crippen LogP contribution < -0.4 is 11.1 Å². The van der Waals surface area contributed by atoms with Gasteiger partial charge in [-0.05, 0) is 19.1 Å². The Morgan fingerprint density at radius 2 is 2.40 bits per heavy atom. The highest BCUT2D eigenvalue weighted by molar-refractivity contribution is 5.41. The van der Waals surface area contributed by atoms with Gasteiger partial charge in [-0.3, -0.25) is 5.73 Å². The second-order valence-corrected chi connectivity index (χ2v) is 1.96. The van der Waals surface area contributed by atoms with Crippen molar-refractivity contribution in [2.45, 2.75) is 6.92 Å². The van der Waals surface area contributed by atoms with Gasteiger partial charge in [-0.15, -0.1) is 0 Å². The van der Waals surface area contributed by atoms with Crippen molar-refractivity contribution in [2.75, 3.05) is 11.9 Å². The van der Waals surface area contributed by atoms with E-state index in [1.165, 1.54) is 6.20 Å². The molecule has 3 heteroatoms. The van der Waals surface area contributed by atoms with Crippen molar-refractivity contribution in [3.63, 3.8) is 0 Å². The molecule has 0 aliphatic heterocycles. The summed E-state index contributed by atoms with van der Waals surface area (Å²) in [5.74, 6) is 0.832. The van der Waals surface area contributed by atoms with Gasteiger partial charge in [0.05, 0.1) is 11.9 Å². The molecule has 1 heterocycles. The highest BCUT2D eigenvalue weighted by atomic mass is 15.0. The van der Waals surface area contributed by atoms with Crippen LogP contribution in [0.2, 0.25) is 0 Å². The molecule has 0 bridgehead atoms. The lowest BCUT2D eigenvalue weighted by atomic mass is 10.4. The number of rotatable bonds is 2. The van der Waals surface area contributed by atoms with Gasteiger partial charge in [0, 0.05) is 6.54 Å². The average molecular weight is 136 g/mol. The molecule has 2 N–H and O–H groups in total. The van der Waals surface area contributed by atoms with E-state index in [2.05, 4.69) is 10.3 Å². The smallest absolute Gasteiger partial charge is 0.126 e. The summed E-state index contributed by atoms with van der Waals surface area (Å²) < 4.78 is 0. The van der Waals surface area contributed by atoms with Gasteiger partial charge in [0.15, 0.2) is 0 Å². The summed E-state index contributed by atoms with van der Waals surface area (Å²) in [6.07, 6.45) is 1.53. The van der Waals surface area contributed by atoms with Crippen molar-refractivity contribution < 1.29 is 0 Å². The zero-order valence-corrected chi connectivity index (χ0v) is 5.89. The Morgan fingerprint density at radius 3 is 2.90 bits per heavy atom. The molecular formula is C7H10N3. The van der Waals surface area contributed by atoms with Crippen molar-refractivity contribution in [1.82, 2.24) is 10.7 Å². The largest absolute Gasteiger partial charge is 0.370 e. The van der Waals surface area contributed by atoms with E-state index in [9.17, 15) is 0 Å². The standard InChI is InChI=1S/C7H10N3/c1-2-9-7-4-3-6(8)5-10-7/h3-5,8H,2H2,1H3,(H,9,10). The molecule has 0 unspecified atom stereocenters. The molecule has 0 saturated heterocycles. The quantitative estimate of drug-likeness (QED) is 0.668. The Kier molecular flexibility index (Phi) is 2.10. The Morgan fingerprint density at radius 1 is 1.60 bits per heavy atom. The maximum Gasteiger partial charge on any atom is 0.126 e. The van der Waals surface area contributed by atoms with Crippen LogP contribution in [0.1, 0.15) is 6.92 Å². The van der Waals surface area contributed by atoms with E-state index in [0.29, 0.717) is 5.69 Å². The van der Waals surface area contributed by atoms with E-state index in [-0.39, 0.29) is 0 Å². The first-order chi connectivity index (χ1) is 4.83. The molecule has 0 atom stereocenters. The van der Waals surface area contributed by atoms with Gasteiger partial charge in [0.2, 0.25) is 0 Å². The van der Waals surface area contributed by atoms with Crippen LogP contribution in [0.5, 0.6) is 0 Å². The van der Waals surface area contributed by atoms with Crippen molar-refractivity contribution in [2.24, 2.45) is 0 Å². The lowest BCUT2D eigenvalue weighted by molar-refractivity contribution is 1.16. The zero-order valence-electron chi connectivity index (χ0n) is 5.89. The predicted molar refractivity (Wildman–Crippen MR) is 41.2 cm³/mol. The fraction of sp³-hybridized carbons (Fsp3) is 0.286. The zero-order chi connectivity index (χ0) is 7.40. The van der Waals surface area contributed by atoms with Gasteiger partial charge in [0.1, 0.15) is 5.82 Å². The minimum absolute atomic E-state index is 0.446. The molecule has 1 aromatic heterocycles. The summed E-state index contributed by atoms with van der Waals surface area (Å²) in [4.78, 5) is 3.97. The van der Waals surface area contributed by atoms with Crippen LogP contribution in [-0.4, -0.2) is 11.5 Å². The topological polar surface area (TPSA) is 48.7 Å². The van der Waals surface area contributed by atoms with Crippen LogP contribution in [0.15, 0.2) is 18.3 Å². The van der Waals surface area contributed by atoms with Crippen LogP contribution in [0, 0.1) is 0 Å². The van der Waals surface area contributed by atoms with Crippen molar-refractivity contribution >= 4 is 11.5 Å². The monoisotopic (exact) mass is 136 g/mol. The van der Waals surface area contributed by atoms with E-state index in [1.54, 1.807) is 12.1 Å². The Balaban J connectivity index is 2.69. The maximum atomic E-state index is 7.13. The molecule has 10 heavy (non-hydrogen) atoms. The average Bonchev–Trinajstić information content (AvgIpc) is 1.95. The number of nitrogens with zero attached hydrogens (tertiary/aromatic N) is 1. The van der Waals surface area contributed by atoms with Gasteiger partial charge in [-0.1, -0.05) is 0 Å². The lowest BCUT2D eigenvalue weighted by Gasteiger charge is -1.99. The third-order valence-electron chi connectivity index (χ3n) is 1.12. The highest BCUT2D eigenvalue weighted by Gasteiger charge is 1.88. The van der Waals surface area contributed by atoms with Gasteiger partial charge >= 0.3 is 0 Å². The molecule has 53 valence electrons. The summed E-state index contributed by atoms with van der Waals surface area (Å²) in [6.45, 7) is 2.88. The molecule has 1 radical (unpaired) electrons. The Bertz CT molecular complexity index is 193.